The summed E-state index contributed by atoms with van der Waals surface area (Å²) in [5, 5.41) is 4.67. The lowest BCUT2D eigenvalue weighted by Crippen LogP contribution is -2.29. The zero-order valence-corrected chi connectivity index (χ0v) is 15.0. The summed E-state index contributed by atoms with van der Waals surface area (Å²) < 4.78 is 39.6. The third-order valence-electron chi connectivity index (χ3n) is 4.54. The van der Waals surface area contributed by atoms with Gasteiger partial charge in [-0.1, -0.05) is 0 Å². The Morgan fingerprint density at radius 2 is 1.74 bits per heavy atom. The minimum Gasteiger partial charge on any atom is -0.367 e. The molecule has 4 rings (SSSR count). The van der Waals surface area contributed by atoms with Crippen molar-refractivity contribution in [1.82, 2.24) is 0 Å². The van der Waals surface area contributed by atoms with E-state index in [9.17, 15) is 18.0 Å². The van der Waals surface area contributed by atoms with Gasteiger partial charge in [0.1, 0.15) is 0 Å². The van der Waals surface area contributed by atoms with Gasteiger partial charge in [-0.3, -0.25) is 4.79 Å². The predicted molar refractivity (Wildman–Crippen MR) is 99.8 cm³/mol. The van der Waals surface area contributed by atoms with Gasteiger partial charge < -0.3 is 10.2 Å². The van der Waals surface area contributed by atoms with Crippen LogP contribution in [0.3, 0.4) is 0 Å². The van der Waals surface area contributed by atoms with E-state index in [4.69, 9.17) is 0 Å². The van der Waals surface area contributed by atoms with Gasteiger partial charge in [0.25, 0.3) is 5.91 Å². The van der Waals surface area contributed by atoms with Crippen LogP contribution in [0.2, 0.25) is 0 Å². The SMILES string of the molecule is O=C(Nc1ccc(N2CCc3sccc3C2)cc1)c1cc(F)c(F)c(F)c1. The van der Waals surface area contributed by atoms with Crippen LogP contribution >= 0.6 is 11.3 Å². The molecular weight excluding hydrogens is 373 g/mol. The number of rotatable bonds is 3. The number of benzene rings is 2. The third-order valence-corrected chi connectivity index (χ3v) is 5.57. The van der Waals surface area contributed by atoms with Crippen LogP contribution in [0.1, 0.15) is 20.8 Å². The molecule has 138 valence electrons. The Kier molecular flexibility index (Phi) is 4.61. The van der Waals surface area contributed by atoms with Crippen molar-refractivity contribution >= 4 is 28.6 Å². The molecule has 0 unspecified atom stereocenters. The minimum atomic E-state index is -1.59. The monoisotopic (exact) mass is 388 g/mol. The molecule has 0 bridgehead atoms. The summed E-state index contributed by atoms with van der Waals surface area (Å²) >= 11 is 1.78. The Balaban J connectivity index is 1.46. The highest BCUT2D eigenvalue weighted by Crippen LogP contribution is 2.28. The number of hydrogen-bond acceptors (Lipinski definition) is 3. The fourth-order valence-corrected chi connectivity index (χ4v) is 4.00. The molecule has 0 fully saturated rings. The highest BCUT2D eigenvalue weighted by Gasteiger charge is 2.18. The van der Waals surface area contributed by atoms with Gasteiger partial charge in [-0.2, -0.15) is 0 Å². The summed E-state index contributed by atoms with van der Waals surface area (Å²) in [6.45, 7) is 1.77. The van der Waals surface area contributed by atoms with Gasteiger partial charge in [0.15, 0.2) is 17.5 Å². The molecule has 1 aromatic heterocycles. The fraction of sp³-hybridized carbons (Fsp3) is 0.150. The van der Waals surface area contributed by atoms with E-state index in [0.717, 1.165) is 25.2 Å². The molecule has 3 aromatic rings. The Morgan fingerprint density at radius 1 is 1.04 bits per heavy atom. The van der Waals surface area contributed by atoms with Gasteiger partial charge in [0.2, 0.25) is 0 Å². The first-order chi connectivity index (χ1) is 13.0. The topological polar surface area (TPSA) is 32.3 Å². The molecule has 0 saturated carbocycles. The second-order valence-electron chi connectivity index (χ2n) is 6.30. The van der Waals surface area contributed by atoms with E-state index < -0.39 is 23.4 Å². The van der Waals surface area contributed by atoms with Crippen molar-refractivity contribution < 1.29 is 18.0 Å². The smallest absolute Gasteiger partial charge is 0.255 e. The van der Waals surface area contributed by atoms with Crippen molar-refractivity contribution in [3.8, 4) is 0 Å². The first kappa shape index (κ1) is 17.6. The van der Waals surface area contributed by atoms with Crippen molar-refractivity contribution in [2.75, 3.05) is 16.8 Å². The number of carbonyl (C=O) groups excluding carboxylic acids is 1. The minimum absolute atomic E-state index is 0.281. The molecule has 2 aromatic carbocycles. The van der Waals surface area contributed by atoms with E-state index in [1.54, 1.807) is 23.5 Å². The average Bonchev–Trinajstić information content (AvgIpc) is 3.14. The van der Waals surface area contributed by atoms with E-state index in [0.29, 0.717) is 17.8 Å². The number of nitrogens with one attached hydrogen (secondary N) is 1. The Bertz CT molecular complexity index is 978. The molecule has 1 amide bonds. The van der Waals surface area contributed by atoms with Gasteiger partial charge in [-0.25, -0.2) is 13.2 Å². The van der Waals surface area contributed by atoms with Crippen LogP contribution in [0.5, 0.6) is 0 Å². The van der Waals surface area contributed by atoms with Gasteiger partial charge >= 0.3 is 0 Å². The molecule has 2 heterocycles. The summed E-state index contributed by atoms with van der Waals surface area (Å²) in [5.74, 6) is -5.09. The van der Waals surface area contributed by atoms with Crippen LogP contribution in [0.4, 0.5) is 24.5 Å². The number of carbonyl (C=O) groups is 1. The standard InChI is InChI=1S/C20H15F3N2OS/c21-16-9-13(10-17(22)19(16)23)20(26)24-14-1-3-15(4-2-14)25-7-5-18-12(11-25)6-8-27-18/h1-4,6,8-10H,5,7,11H2,(H,24,26). The molecule has 1 aliphatic heterocycles. The largest absolute Gasteiger partial charge is 0.367 e. The fourth-order valence-electron chi connectivity index (χ4n) is 3.11. The van der Waals surface area contributed by atoms with E-state index in [1.165, 1.54) is 10.4 Å². The highest BCUT2D eigenvalue weighted by atomic mass is 32.1. The second-order valence-corrected chi connectivity index (χ2v) is 7.30. The van der Waals surface area contributed by atoms with Gasteiger partial charge in [0.05, 0.1) is 0 Å². The molecule has 27 heavy (non-hydrogen) atoms. The van der Waals surface area contributed by atoms with Gasteiger partial charge in [-0.05, 0) is 59.8 Å². The lowest BCUT2D eigenvalue weighted by atomic mass is 10.1. The van der Waals surface area contributed by atoms with Crippen molar-refractivity contribution in [3.05, 3.63) is 81.3 Å². The maximum absolute atomic E-state index is 13.3. The molecule has 0 aliphatic carbocycles. The maximum Gasteiger partial charge on any atom is 0.255 e. The molecule has 0 spiro atoms. The molecule has 1 aliphatic rings. The van der Waals surface area contributed by atoms with Gasteiger partial charge in [0, 0.05) is 34.9 Å². The number of nitrogens with zero attached hydrogens (tertiary/aromatic N) is 1. The summed E-state index contributed by atoms with van der Waals surface area (Å²) in [7, 11) is 0. The quantitative estimate of drug-likeness (QED) is 0.642. The maximum atomic E-state index is 13.3. The number of hydrogen-bond donors (Lipinski definition) is 1. The molecule has 1 N–H and O–H groups in total. The lowest BCUT2D eigenvalue weighted by Gasteiger charge is -2.29. The molecule has 0 saturated heterocycles. The van der Waals surface area contributed by atoms with Crippen LogP contribution in [-0.2, 0) is 13.0 Å². The molecular formula is C20H15F3N2OS. The number of thiophene rings is 1. The predicted octanol–water partition coefficient (Wildman–Crippen LogP) is 4.98. The van der Waals surface area contributed by atoms with Gasteiger partial charge in [-0.15, -0.1) is 11.3 Å². The molecule has 0 atom stereocenters. The van der Waals surface area contributed by atoms with Crippen LogP contribution in [0.25, 0.3) is 0 Å². The molecule has 7 heteroatoms. The average molecular weight is 388 g/mol. The normalized spacial score (nSPS) is 13.4. The summed E-state index contributed by atoms with van der Waals surface area (Å²) in [6, 6.07) is 10.7. The van der Waals surface area contributed by atoms with Crippen LogP contribution < -0.4 is 10.2 Å². The third kappa shape index (κ3) is 3.55. The Labute approximate surface area is 158 Å². The van der Waals surface area contributed by atoms with Crippen LogP contribution in [0.15, 0.2) is 47.8 Å². The van der Waals surface area contributed by atoms with E-state index in [-0.39, 0.29) is 5.56 Å². The summed E-state index contributed by atoms with van der Waals surface area (Å²) in [4.78, 5) is 15.8. The first-order valence-electron chi connectivity index (χ1n) is 8.37. The van der Waals surface area contributed by atoms with E-state index in [2.05, 4.69) is 21.7 Å². The molecule has 0 radical (unpaired) electrons. The van der Waals surface area contributed by atoms with E-state index >= 15 is 0 Å². The van der Waals surface area contributed by atoms with Crippen molar-refractivity contribution in [2.24, 2.45) is 0 Å². The summed E-state index contributed by atoms with van der Waals surface area (Å²) in [5.41, 5.74) is 2.58. The number of anilines is 2. The summed E-state index contributed by atoms with van der Waals surface area (Å²) in [6.07, 6.45) is 1.01. The van der Waals surface area contributed by atoms with Crippen LogP contribution in [-0.4, -0.2) is 12.5 Å². The Hall–Kier alpha value is -2.80. The Morgan fingerprint density at radius 3 is 2.44 bits per heavy atom. The zero-order chi connectivity index (χ0) is 19.0. The van der Waals surface area contributed by atoms with Crippen molar-refractivity contribution in [1.29, 1.82) is 0 Å². The van der Waals surface area contributed by atoms with Crippen LogP contribution in [0, 0.1) is 17.5 Å². The highest BCUT2D eigenvalue weighted by molar-refractivity contribution is 7.10. The van der Waals surface area contributed by atoms with Crippen molar-refractivity contribution in [2.45, 2.75) is 13.0 Å². The number of halogens is 3. The number of amides is 1. The second kappa shape index (κ2) is 7.08. The lowest BCUT2D eigenvalue weighted by molar-refractivity contribution is 0.102. The zero-order valence-electron chi connectivity index (χ0n) is 14.1. The first-order valence-corrected chi connectivity index (χ1v) is 9.25. The van der Waals surface area contributed by atoms with E-state index in [1.807, 2.05) is 12.1 Å². The molecule has 3 nitrogen and oxygen atoms in total. The van der Waals surface area contributed by atoms with Crippen molar-refractivity contribution in [3.63, 3.8) is 0 Å². The number of fused-ring (bicyclic) bond motifs is 1.